The minimum atomic E-state index is -1.67. The molecule has 4 heteroatoms. The summed E-state index contributed by atoms with van der Waals surface area (Å²) in [7, 11) is -3.33. The van der Waals surface area contributed by atoms with E-state index in [-0.39, 0.29) is 0 Å². The van der Waals surface area contributed by atoms with Crippen LogP contribution in [0, 0.1) is 5.92 Å². The molecule has 0 N–H and O–H groups in total. The van der Waals surface area contributed by atoms with Crippen LogP contribution in [0.15, 0.2) is 23.2 Å². The summed E-state index contributed by atoms with van der Waals surface area (Å²) in [5.74, 6) is 2.55. The summed E-state index contributed by atoms with van der Waals surface area (Å²) in [5.41, 5.74) is 1.27. The molecule has 0 aromatic rings. The van der Waals surface area contributed by atoms with Gasteiger partial charge in [-0.15, -0.1) is 0 Å². The predicted octanol–water partition coefficient (Wildman–Crippen LogP) is 6.84. The van der Waals surface area contributed by atoms with E-state index < -0.39 is 16.6 Å². The Balaban J connectivity index is 2.92. The molecule has 1 unspecified atom stereocenters. The third-order valence-electron chi connectivity index (χ3n) is 4.52. The van der Waals surface area contributed by atoms with Gasteiger partial charge in [0.05, 0.1) is 0 Å². The predicted molar refractivity (Wildman–Crippen MR) is 107 cm³/mol. The second-order valence-electron chi connectivity index (χ2n) is 8.26. The van der Waals surface area contributed by atoms with E-state index in [1.54, 1.807) is 0 Å². The van der Waals surface area contributed by atoms with Crippen molar-refractivity contribution in [3.05, 3.63) is 23.2 Å². The Kier molecular flexibility index (Phi) is 7.65. The Bertz CT molecular complexity index is 450. The van der Waals surface area contributed by atoms with Crippen LogP contribution >= 0.6 is 0 Å². The number of hydrogen-bond acceptors (Lipinski definition) is 2. The maximum Gasteiger partial charge on any atom is 0.245 e. The smallest absolute Gasteiger partial charge is 0.245 e. The molecule has 1 atom stereocenters. The van der Waals surface area contributed by atoms with E-state index in [9.17, 15) is 0 Å². The van der Waals surface area contributed by atoms with Crippen molar-refractivity contribution in [2.45, 2.75) is 91.7 Å². The first-order chi connectivity index (χ1) is 10.6. The molecule has 134 valence electrons. The molecule has 0 spiro atoms. The van der Waals surface area contributed by atoms with Crippen molar-refractivity contribution < 1.29 is 8.85 Å². The Morgan fingerprint density at radius 3 is 1.87 bits per heavy atom. The molecule has 0 aromatic carbocycles. The van der Waals surface area contributed by atoms with Crippen LogP contribution in [0.4, 0.5) is 0 Å². The summed E-state index contributed by atoms with van der Waals surface area (Å²) < 4.78 is 13.2. The van der Waals surface area contributed by atoms with Crippen molar-refractivity contribution in [3.63, 3.8) is 0 Å². The Morgan fingerprint density at radius 2 is 1.39 bits per heavy atom. The molecule has 0 radical (unpaired) electrons. The highest BCUT2D eigenvalue weighted by atomic mass is 28.4. The van der Waals surface area contributed by atoms with Gasteiger partial charge in [-0.25, -0.2) is 0 Å². The Labute approximate surface area is 146 Å². The highest BCUT2D eigenvalue weighted by molar-refractivity contribution is 6.72. The molecular formula is C19H38O2Si2. The van der Waals surface area contributed by atoms with Gasteiger partial charge in [0.15, 0.2) is 0 Å². The first-order valence-electron chi connectivity index (χ1n) is 9.43. The van der Waals surface area contributed by atoms with E-state index >= 15 is 0 Å². The van der Waals surface area contributed by atoms with Gasteiger partial charge in [0.25, 0.3) is 0 Å². The van der Waals surface area contributed by atoms with Crippen molar-refractivity contribution in [1.29, 1.82) is 0 Å². The average molecular weight is 355 g/mol. The fourth-order valence-electron chi connectivity index (χ4n) is 3.08. The lowest BCUT2D eigenvalue weighted by atomic mass is 10.2. The molecule has 0 saturated carbocycles. The second kappa shape index (κ2) is 8.56. The Morgan fingerprint density at radius 1 is 0.913 bits per heavy atom. The van der Waals surface area contributed by atoms with Crippen LogP contribution in [0.2, 0.25) is 38.3 Å². The standard InChI is InChI=1S/C19H38O2Si2/c1-9-11-13-22(5,6)20-18-16(3)15-17(4)19(18)21-23(7,8)14-12-10-2/h15-16H,9-14H2,1-8H3. The van der Waals surface area contributed by atoms with E-state index in [2.05, 4.69) is 60.0 Å². The zero-order chi connectivity index (χ0) is 17.7. The van der Waals surface area contributed by atoms with Gasteiger partial charge in [0.1, 0.15) is 11.5 Å². The maximum absolute atomic E-state index is 6.61. The normalized spacial score (nSPS) is 19.1. The summed E-state index contributed by atoms with van der Waals surface area (Å²) in [4.78, 5) is 0. The van der Waals surface area contributed by atoms with Crippen LogP contribution in [0.3, 0.4) is 0 Å². The van der Waals surface area contributed by atoms with Gasteiger partial charge in [0, 0.05) is 5.92 Å². The molecule has 0 aliphatic heterocycles. The van der Waals surface area contributed by atoms with Gasteiger partial charge in [-0.1, -0.05) is 52.5 Å². The highest BCUT2D eigenvalue weighted by Gasteiger charge is 2.34. The fraction of sp³-hybridized carbons (Fsp3) is 0.789. The highest BCUT2D eigenvalue weighted by Crippen LogP contribution is 2.37. The molecule has 23 heavy (non-hydrogen) atoms. The van der Waals surface area contributed by atoms with E-state index in [0.29, 0.717) is 5.92 Å². The van der Waals surface area contributed by atoms with Crippen molar-refractivity contribution in [2.24, 2.45) is 5.92 Å². The Hall–Kier alpha value is -0.486. The quantitative estimate of drug-likeness (QED) is 0.400. The monoisotopic (exact) mass is 354 g/mol. The summed E-state index contributed by atoms with van der Waals surface area (Å²) in [5, 5.41) is 0. The molecule has 0 saturated heterocycles. The lowest BCUT2D eigenvalue weighted by Gasteiger charge is -2.31. The molecule has 0 amide bonds. The van der Waals surface area contributed by atoms with Crippen LogP contribution in [0.1, 0.15) is 53.4 Å². The average Bonchev–Trinajstić information content (AvgIpc) is 2.69. The molecular weight excluding hydrogens is 316 g/mol. The van der Waals surface area contributed by atoms with Gasteiger partial charge >= 0.3 is 0 Å². The minimum Gasteiger partial charge on any atom is -0.544 e. The molecule has 1 aliphatic rings. The number of unbranched alkanes of at least 4 members (excludes halogenated alkanes) is 2. The van der Waals surface area contributed by atoms with Crippen molar-refractivity contribution in [3.8, 4) is 0 Å². The molecule has 0 bridgehead atoms. The van der Waals surface area contributed by atoms with Crippen LogP contribution < -0.4 is 0 Å². The van der Waals surface area contributed by atoms with Crippen LogP contribution in [0.25, 0.3) is 0 Å². The zero-order valence-electron chi connectivity index (χ0n) is 16.7. The number of hydrogen-bond donors (Lipinski definition) is 0. The summed E-state index contributed by atoms with van der Waals surface area (Å²) in [6.07, 6.45) is 7.31. The van der Waals surface area contributed by atoms with Crippen molar-refractivity contribution in [2.75, 3.05) is 0 Å². The van der Waals surface area contributed by atoms with Crippen LogP contribution in [-0.4, -0.2) is 16.6 Å². The van der Waals surface area contributed by atoms with E-state index in [0.717, 1.165) is 11.5 Å². The van der Waals surface area contributed by atoms with Crippen molar-refractivity contribution in [1.82, 2.24) is 0 Å². The summed E-state index contributed by atoms with van der Waals surface area (Å²) in [6.45, 7) is 18.3. The van der Waals surface area contributed by atoms with Gasteiger partial charge in [-0.05, 0) is 50.8 Å². The third-order valence-corrected chi connectivity index (χ3v) is 9.17. The zero-order valence-corrected chi connectivity index (χ0v) is 18.7. The molecule has 0 heterocycles. The third kappa shape index (κ3) is 6.50. The lowest BCUT2D eigenvalue weighted by Crippen LogP contribution is -2.33. The second-order valence-corrected chi connectivity index (χ2v) is 16.7. The fourth-order valence-corrected chi connectivity index (χ4v) is 7.38. The van der Waals surface area contributed by atoms with Gasteiger partial charge in [-0.2, -0.15) is 0 Å². The first kappa shape index (κ1) is 20.6. The number of rotatable bonds is 10. The van der Waals surface area contributed by atoms with E-state index in [1.807, 2.05) is 0 Å². The molecule has 1 rings (SSSR count). The van der Waals surface area contributed by atoms with Crippen LogP contribution in [0.5, 0.6) is 0 Å². The first-order valence-corrected chi connectivity index (χ1v) is 15.7. The lowest BCUT2D eigenvalue weighted by molar-refractivity contribution is 0.323. The molecule has 2 nitrogen and oxygen atoms in total. The van der Waals surface area contributed by atoms with Crippen molar-refractivity contribution >= 4 is 16.6 Å². The SMILES string of the molecule is CCCC[Si](C)(C)OC1=C(O[Si](C)(C)CCCC)C(C)C=C1C. The number of allylic oxidation sites excluding steroid dienone is 2. The van der Waals surface area contributed by atoms with Crippen LogP contribution in [-0.2, 0) is 8.85 Å². The maximum atomic E-state index is 6.61. The molecule has 0 aromatic heterocycles. The molecule has 1 aliphatic carbocycles. The minimum absolute atomic E-state index is 0.356. The topological polar surface area (TPSA) is 18.5 Å². The van der Waals surface area contributed by atoms with Gasteiger partial charge in [-0.3, -0.25) is 0 Å². The molecule has 0 fully saturated rings. The largest absolute Gasteiger partial charge is 0.544 e. The van der Waals surface area contributed by atoms with E-state index in [1.165, 1.54) is 43.3 Å². The van der Waals surface area contributed by atoms with Gasteiger partial charge in [0.2, 0.25) is 16.6 Å². The van der Waals surface area contributed by atoms with E-state index in [4.69, 9.17) is 8.85 Å². The van der Waals surface area contributed by atoms with Gasteiger partial charge < -0.3 is 8.85 Å². The summed E-state index contributed by atoms with van der Waals surface area (Å²) >= 11 is 0. The summed E-state index contributed by atoms with van der Waals surface area (Å²) in [6, 6.07) is 2.45.